The highest BCUT2D eigenvalue weighted by Crippen LogP contribution is 2.29. The Morgan fingerprint density at radius 2 is 2.11 bits per heavy atom. The van der Waals surface area contributed by atoms with Crippen LogP contribution in [0.1, 0.15) is 19.3 Å². The topological polar surface area (TPSA) is 89.3 Å². The number of amides is 1. The molecule has 1 unspecified atom stereocenters. The highest BCUT2D eigenvalue weighted by molar-refractivity contribution is 7.92. The van der Waals surface area contributed by atoms with Gasteiger partial charge in [-0.15, -0.1) is 0 Å². The van der Waals surface area contributed by atoms with Crippen molar-refractivity contribution in [3.05, 3.63) is 23.2 Å². The van der Waals surface area contributed by atoms with Gasteiger partial charge in [-0.3, -0.25) is 4.79 Å². The third-order valence-electron chi connectivity index (χ3n) is 3.17. The van der Waals surface area contributed by atoms with Crippen LogP contribution in [0, 0.1) is 0 Å². The first-order valence-electron chi connectivity index (χ1n) is 5.98. The van der Waals surface area contributed by atoms with Crippen molar-refractivity contribution in [3.63, 3.8) is 0 Å². The van der Waals surface area contributed by atoms with Gasteiger partial charge in [0.05, 0.1) is 22.2 Å². The lowest BCUT2D eigenvalue weighted by Crippen LogP contribution is -2.39. The lowest BCUT2D eigenvalue weighted by molar-refractivity contribution is -0.116. The van der Waals surface area contributed by atoms with E-state index in [1.165, 1.54) is 0 Å². The van der Waals surface area contributed by atoms with Gasteiger partial charge in [0.25, 0.3) is 0 Å². The molecular formula is C12H15ClN2O3S. The fourth-order valence-corrected chi connectivity index (χ4v) is 4.16. The van der Waals surface area contributed by atoms with E-state index in [-0.39, 0.29) is 11.4 Å². The minimum atomic E-state index is -3.36. The van der Waals surface area contributed by atoms with E-state index in [4.69, 9.17) is 17.3 Å². The highest BCUT2D eigenvalue weighted by atomic mass is 35.5. The van der Waals surface area contributed by atoms with Gasteiger partial charge in [-0.2, -0.15) is 0 Å². The Morgan fingerprint density at radius 3 is 2.74 bits per heavy atom. The Morgan fingerprint density at radius 1 is 1.37 bits per heavy atom. The molecule has 1 fully saturated rings. The molecule has 1 aliphatic heterocycles. The van der Waals surface area contributed by atoms with E-state index in [2.05, 4.69) is 5.32 Å². The Hall–Kier alpha value is -1.27. The van der Waals surface area contributed by atoms with Gasteiger partial charge in [-0.1, -0.05) is 24.1 Å². The molecule has 5 nitrogen and oxygen atoms in total. The van der Waals surface area contributed by atoms with Crippen LogP contribution in [0.4, 0.5) is 11.4 Å². The first kappa shape index (κ1) is 14.1. The SMILES string of the molecule is Nc1cccc(Cl)c1NC(=O)C1CCCCS1(=O)=O. The summed E-state index contributed by atoms with van der Waals surface area (Å²) in [5.41, 5.74) is 6.31. The molecule has 2 rings (SSSR count). The molecule has 1 aliphatic rings. The average molecular weight is 303 g/mol. The van der Waals surface area contributed by atoms with Gasteiger partial charge in [-0.25, -0.2) is 8.42 Å². The number of nitrogens with two attached hydrogens (primary N) is 1. The molecule has 1 atom stereocenters. The fourth-order valence-electron chi connectivity index (χ4n) is 2.13. The number of sulfone groups is 1. The van der Waals surface area contributed by atoms with Gasteiger partial charge in [-0.05, 0) is 25.0 Å². The van der Waals surface area contributed by atoms with Crippen molar-refractivity contribution in [2.24, 2.45) is 0 Å². The molecule has 1 heterocycles. The summed E-state index contributed by atoms with van der Waals surface area (Å²) in [6, 6.07) is 4.84. The first-order valence-corrected chi connectivity index (χ1v) is 8.07. The molecule has 0 saturated carbocycles. The number of anilines is 2. The number of nitrogen functional groups attached to an aromatic ring is 1. The number of nitrogens with one attached hydrogen (secondary N) is 1. The van der Waals surface area contributed by atoms with Crippen molar-refractivity contribution < 1.29 is 13.2 Å². The molecule has 0 bridgehead atoms. The normalized spacial score (nSPS) is 21.8. The predicted octanol–water partition coefficient (Wildman–Crippen LogP) is 1.83. The zero-order valence-electron chi connectivity index (χ0n) is 10.2. The molecule has 1 saturated heterocycles. The van der Waals surface area contributed by atoms with Gasteiger partial charge in [0, 0.05) is 0 Å². The van der Waals surface area contributed by atoms with E-state index in [0.29, 0.717) is 23.6 Å². The molecule has 1 aromatic carbocycles. The summed E-state index contributed by atoms with van der Waals surface area (Å²) in [6.45, 7) is 0. The van der Waals surface area contributed by atoms with Gasteiger partial charge in [0.2, 0.25) is 5.91 Å². The maximum atomic E-state index is 12.1. The van der Waals surface area contributed by atoms with Gasteiger partial charge < -0.3 is 11.1 Å². The number of hydrogen-bond donors (Lipinski definition) is 2. The third-order valence-corrected chi connectivity index (χ3v) is 5.65. The van der Waals surface area contributed by atoms with E-state index in [1.54, 1.807) is 18.2 Å². The molecule has 1 aromatic rings. The summed E-state index contributed by atoms with van der Waals surface area (Å²) in [5, 5.41) is 1.82. The summed E-state index contributed by atoms with van der Waals surface area (Å²) < 4.78 is 23.7. The zero-order valence-corrected chi connectivity index (χ0v) is 11.8. The molecule has 0 spiro atoms. The number of halogens is 1. The van der Waals surface area contributed by atoms with E-state index in [0.717, 1.165) is 6.42 Å². The molecule has 19 heavy (non-hydrogen) atoms. The van der Waals surface area contributed by atoms with Crippen molar-refractivity contribution in [3.8, 4) is 0 Å². The number of para-hydroxylation sites is 1. The number of carbonyl (C=O) groups is 1. The molecular weight excluding hydrogens is 288 g/mol. The second kappa shape index (κ2) is 5.38. The minimum absolute atomic E-state index is 0.0586. The molecule has 0 aromatic heterocycles. The Balaban J connectivity index is 2.22. The lowest BCUT2D eigenvalue weighted by Gasteiger charge is -2.22. The Labute approximate surface area is 117 Å². The summed E-state index contributed by atoms with van der Waals surface area (Å²) in [7, 11) is -3.36. The fraction of sp³-hybridized carbons (Fsp3) is 0.417. The monoisotopic (exact) mass is 302 g/mol. The van der Waals surface area contributed by atoms with Gasteiger partial charge in [0.1, 0.15) is 5.25 Å². The standard InChI is InChI=1S/C12H15ClN2O3S/c13-8-4-3-5-9(14)11(8)15-12(16)10-6-1-2-7-19(10,17)18/h3-5,10H,1-2,6-7,14H2,(H,15,16). The van der Waals surface area contributed by atoms with Crippen LogP contribution in [0.3, 0.4) is 0 Å². The Bertz CT molecular complexity index is 581. The number of hydrogen-bond acceptors (Lipinski definition) is 4. The second-order valence-corrected chi connectivity index (χ2v) is 7.25. The van der Waals surface area contributed by atoms with Crippen molar-refractivity contribution in [2.45, 2.75) is 24.5 Å². The van der Waals surface area contributed by atoms with Crippen LogP contribution in [0.25, 0.3) is 0 Å². The maximum absolute atomic E-state index is 12.1. The molecule has 0 aliphatic carbocycles. The third kappa shape index (κ3) is 3.01. The van der Waals surface area contributed by atoms with Crippen molar-refractivity contribution in [1.82, 2.24) is 0 Å². The molecule has 0 radical (unpaired) electrons. The smallest absolute Gasteiger partial charge is 0.242 e. The maximum Gasteiger partial charge on any atom is 0.242 e. The number of carbonyl (C=O) groups excluding carboxylic acids is 1. The zero-order chi connectivity index (χ0) is 14.0. The average Bonchev–Trinajstić information content (AvgIpc) is 2.33. The van der Waals surface area contributed by atoms with Gasteiger partial charge in [0.15, 0.2) is 9.84 Å². The van der Waals surface area contributed by atoms with Crippen LogP contribution < -0.4 is 11.1 Å². The minimum Gasteiger partial charge on any atom is -0.397 e. The van der Waals surface area contributed by atoms with Crippen LogP contribution in [-0.2, 0) is 14.6 Å². The summed E-state index contributed by atoms with van der Waals surface area (Å²) >= 11 is 5.94. The molecule has 104 valence electrons. The first-order chi connectivity index (χ1) is 8.92. The van der Waals surface area contributed by atoms with Crippen LogP contribution in [0.2, 0.25) is 5.02 Å². The van der Waals surface area contributed by atoms with Crippen LogP contribution in [0.15, 0.2) is 18.2 Å². The predicted molar refractivity (Wildman–Crippen MR) is 75.9 cm³/mol. The van der Waals surface area contributed by atoms with Gasteiger partial charge >= 0.3 is 0 Å². The van der Waals surface area contributed by atoms with Crippen LogP contribution >= 0.6 is 11.6 Å². The van der Waals surface area contributed by atoms with Crippen molar-refractivity contribution in [1.29, 1.82) is 0 Å². The quantitative estimate of drug-likeness (QED) is 0.816. The highest BCUT2D eigenvalue weighted by Gasteiger charge is 2.35. The molecule has 7 heteroatoms. The van der Waals surface area contributed by atoms with Crippen molar-refractivity contribution in [2.75, 3.05) is 16.8 Å². The number of rotatable bonds is 2. The van der Waals surface area contributed by atoms with Crippen LogP contribution in [-0.4, -0.2) is 25.3 Å². The van der Waals surface area contributed by atoms with E-state index in [1.807, 2.05) is 0 Å². The summed E-state index contributed by atoms with van der Waals surface area (Å²) in [5.74, 6) is -0.497. The summed E-state index contributed by atoms with van der Waals surface area (Å²) in [4.78, 5) is 12.1. The largest absolute Gasteiger partial charge is 0.397 e. The van der Waals surface area contributed by atoms with Crippen molar-refractivity contribution >= 4 is 38.7 Å². The summed E-state index contributed by atoms with van der Waals surface area (Å²) in [6.07, 6.45) is 1.69. The lowest BCUT2D eigenvalue weighted by atomic mass is 10.1. The number of benzene rings is 1. The second-order valence-electron chi connectivity index (χ2n) is 4.54. The van der Waals surface area contributed by atoms with E-state index >= 15 is 0 Å². The Kier molecular flexibility index (Phi) is 4.01. The molecule has 1 amide bonds. The van der Waals surface area contributed by atoms with Crippen LogP contribution in [0.5, 0.6) is 0 Å². The molecule has 3 N–H and O–H groups in total. The van der Waals surface area contributed by atoms with E-state index in [9.17, 15) is 13.2 Å². The van der Waals surface area contributed by atoms with E-state index < -0.39 is 21.0 Å².